The molecule has 0 saturated carbocycles. The molecular weight excluding hydrogens is 581 g/mol. The number of ether oxygens (including phenoxy) is 1. The SMILES string of the molecule is CN(C(=O)NCc1cccc(F)c1Cl)[C@H](COC(=O)Nc1cc2ccccc2cn1)C[C@H](O)COP(=O)(O)O.[NaH]. The molecule has 12 nitrogen and oxygen atoms in total. The van der Waals surface area contributed by atoms with Crippen LogP contribution in [0.3, 0.4) is 0 Å². The van der Waals surface area contributed by atoms with Gasteiger partial charge in [0.05, 0.1) is 23.8 Å². The van der Waals surface area contributed by atoms with Gasteiger partial charge in [0.1, 0.15) is 18.2 Å². The molecule has 0 aliphatic carbocycles. The number of anilines is 1. The molecule has 1 aromatic heterocycles. The summed E-state index contributed by atoms with van der Waals surface area (Å²) >= 11 is 5.92. The van der Waals surface area contributed by atoms with E-state index in [9.17, 15) is 23.7 Å². The van der Waals surface area contributed by atoms with Gasteiger partial charge in [0, 0.05) is 25.2 Å². The first kappa shape index (κ1) is 33.9. The van der Waals surface area contributed by atoms with Crippen molar-refractivity contribution in [2.45, 2.75) is 25.1 Å². The van der Waals surface area contributed by atoms with Gasteiger partial charge in [-0.2, -0.15) is 0 Å². The van der Waals surface area contributed by atoms with Crippen molar-refractivity contribution in [3.63, 3.8) is 0 Å². The number of carbonyl (C=O) groups is 2. The molecule has 16 heteroatoms. The summed E-state index contributed by atoms with van der Waals surface area (Å²) in [6.45, 7) is -1.26. The molecule has 0 fully saturated rings. The average Bonchev–Trinajstić information content (AvgIpc) is 2.89. The molecule has 5 N–H and O–H groups in total. The maximum absolute atomic E-state index is 13.7. The Morgan fingerprint density at radius 3 is 2.55 bits per heavy atom. The van der Waals surface area contributed by atoms with E-state index in [1.165, 1.54) is 25.2 Å². The van der Waals surface area contributed by atoms with E-state index >= 15 is 0 Å². The van der Waals surface area contributed by atoms with Crippen molar-refractivity contribution in [1.29, 1.82) is 0 Å². The first-order valence-electron chi connectivity index (χ1n) is 11.5. The van der Waals surface area contributed by atoms with Crippen molar-refractivity contribution in [2.24, 2.45) is 0 Å². The van der Waals surface area contributed by atoms with Crippen LogP contribution in [0.4, 0.5) is 19.8 Å². The molecule has 0 aliphatic rings. The quantitative estimate of drug-likeness (QED) is 0.162. The molecule has 2 atom stereocenters. The van der Waals surface area contributed by atoms with Gasteiger partial charge in [0.2, 0.25) is 0 Å². The molecule has 3 aromatic rings. The number of hydrogen-bond donors (Lipinski definition) is 5. The van der Waals surface area contributed by atoms with Crippen LogP contribution in [0.15, 0.2) is 54.7 Å². The number of fused-ring (bicyclic) bond motifs is 1. The minimum atomic E-state index is -4.85. The third-order valence-electron chi connectivity index (χ3n) is 5.58. The van der Waals surface area contributed by atoms with E-state index in [1.807, 2.05) is 24.3 Å². The number of pyridine rings is 1. The Labute approximate surface area is 256 Å². The molecule has 0 saturated heterocycles. The van der Waals surface area contributed by atoms with Crippen molar-refractivity contribution < 1.29 is 42.7 Å². The van der Waals surface area contributed by atoms with Crippen LogP contribution < -0.4 is 10.6 Å². The number of phosphoric acid groups is 1. The van der Waals surface area contributed by atoms with Crippen molar-refractivity contribution in [2.75, 3.05) is 25.6 Å². The second-order valence-electron chi connectivity index (χ2n) is 8.45. The van der Waals surface area contributed by atoms with Gasteiger partial charge in [-0.1, -0.05) is 48.0 Å². The monoisotopic (exact) mass is 608 g/mol. The molecule has 40 heavy (non-hydrogen) atoms. The van der Waals surface area contributed by atoms with Gasteiger partial charge < -0.3 is 29.8 Å². The predicted molar refractivity (Wildman–Crippen MR) is 148 cm³/mol. The number of urea groups is 1. The van der Waals surface area contributed by atoms with Gasteiger partial charge in [0.25, 0.3) is 0 Å². The average molecular weight is 609 g/mol. The molecule has 0 radical (unpaired) electrons. The number of likely N-dealkylation sites (N-methyl/N-ethyl adjacent to an activating group) is 1. The summed E-state index contributed by atoms with van der Waals surface area (Å²) < 4.78 is 34.2. The number of nitrogens with one attached hydrogen (secondary N) is 2. The first-order valence-corrected chi connectivity index (χ1v) is 13.4. The topological polar surface area (TPSA) is 171 Å². The third kappa shape index (κ3) is 10.6. The number of aliphatic hydroxyl groups is 1. The number of benzene rings is 2. The Bertz CT molecular complexity index is 1370. The van der Waals surface area contributed by atoms with Crippen LogP contribution in [-0.4, -0.2) is 98.9 Å². The molecule has 0 aliphatic heterocycles. The minimum absolute atomic E-state index is 0. The summed E-state index contributed by atoms with van der Waals surface area (Å²) in [4.78, 5) is 48.3. The van der Waals surface area contributed by atoms with Crippen LogP contribution in [0, 0.1) is 5.82 Å². The van der Waals surface area contributed by atoms with E-state index in [0.29, 0.717) is 5.56 Å². The van der Waals surface area contributed by atoms with Crippen LogP contribution in [-0.2, 0) is 20.4 Å². The number of carbonyl (C=O) groups excluding carboxylic acids is 2. The van der Waals surface area contributed by atoms with Gasteiger partial charge in [-0.15, -0.1) is 0 Å². The second-order valence-corrected chi connectivity index (χ2v) is 10.1. The zero-order valence-corrected chi connectivity index (χ0v) is 22.3. The summed E-state index contributed by atoms with van der Waals surface area (Å²) in [5.74, 6) is -0.425. The number of aromatic nitrogens is 1. The summed E-state index contributed by atoms with van der Waals surface area (Å²) in [5, 5.41) is 16.8. The second kappa shape index (κ2) is 15.6. The molecule has 3 rings (SSSR count). The standard InChI is InChI=1S/C24H27ClFN4O8P.Na.H/c1-30(23(32)28-12-17-7-4-8-20(26)22(17)25)18(10-19(31)14-38-39(34,35)36)13-37-24(33)29-21-9-15-5-2-3-6-16(15)11-27-21;;/h2-9,11,18-19,31H,10,12-14H2,1H3,(H,28,32)(H,27,29,33)(H2,34,35,36);;/t18-,19-;;/m0../s1. The Morgan fingerprint density at radius 1 is 1.15 bits per heavy atom. The summed E-state index contributed by atoms with van der Waals surface area (Å²) in [5.41, 5.74) is 0.323. The van der Waals surface area contributed by atoms with Crippen molar-refractivity contribution >= 4 is 77.7 Å². The van der Waals surface area contributed by atoms with E-state index in [4.69, 9.17) is 26.1 Å². The fourth-order valence-electron chi connectivity index (χ4n) is 3.51. The van der Waals surface area contributed by atoms with E-state index in [2.05, 4.69) is 20.1 Å². The summed E-state index contributed by atoms with van der Waals surface area (Å²) in [7, 11) is -3.49. The van der Waals surface area contributed by atoms with E-state index in [-0.39, 0.29) is 53.4 Å². The van der Waals surface area contributed by atoms with E-state index in [1.54, 1.807) is 12.3 Å². The number of hydrogen-bond acceptors (Lipinski definition) is 7. The Kier molecular flexibility index (Phi) is 13.2. The van der Waals surface area contributed by atoms with E-state index < -0.39 is 51.1 Å². The molecular formula is C24H28ClFN4NaO8P. The molecule has 0 bridgehead atoms. The van der Waals surface area contributed by atoms with Crippen molar-refractivity contribution in [3.05, 3.63) is 71.1 Å². The summed E-state index contributed by atoms with van der Waals surface area (Å²) in [6.07, 6.45) is -1.01. The van der Waals surface area contributed by atoms with Crippen LogP contribution in [0.5, 0.6) is 0 Å². The number of rotatable bonds is 11. The predicted octanol–water partition coefficient (Wildman–Crippen LogP) is 3.00. The van der Waals surface area contributed by atoms with Gasteiger partial charge in [-0.25, -0.2) is 23.5 Å². The number of phosphoric ester groups is 1. The third-order valence-corrected chi connectivity index (χ3v) is 6.49. The van der Waals surface area contributed by atoms with Crippen molar-refractivity contribution in [1.82, 2.24) is 15.2 Å². The van der Waals surface area contributed by atoms with Gasteiger partial charge in [0.15, 0.2) is 0 Å². The zero-order valence-electron chi connectivity index (χ0n) is 20.7. The van der Waals surface area contributed by atoms with Crippen LogP contribution >= 0.6 is 19.4 Å². The number of aliphatic hydroxyl groups excluding tert-OH is 1. The Morgan fingerprint density at radius 2 is 1.85 bits per heavy atom. The first-order chi connectivity index (χ1) is 18.4. The van der Waals surface area contributed by atoms with E-state index in [0.717, 1.165) is 15.7 Å². The molecule has 0 spiro atoms. The zero-order chi connectivity index (χ0) is 28.6. The summed E-state index contributed by atoms with van der Waals surface area (Å²) in [6, 6.07) is 11.5. The number of nitrogens with zero attached hydrogens (tertiary/aromatic N) is 2. The van der Waals surface area contributed by atoms with Crippen LogP contribution in [0.2, 0.25) is 5.02 Å². The van der Waals surface area contributed by atoms with Crippen molar-refractivity contribution in [3.8, 4) is 0 Å². The van der Waals surface area contributed by atoms with Gasteiger partial charge in [-0.05, 0) is 29.5 Å². The maximum atomic E-state index is 13.7. The van der Waals surface area contributed by atoms with Gasteiger partial charge >= 0.3 is 49.5 Å². The molecule has 2 aromatic carbocycles. The molecule has 0 unspecified atom stereocenters. The normalized spacial score (nSPS) is 12.7. The fraction of sp³-hybridized carbons (Fsp3) is 0.292. The van der Waals surface area contributed by atoms with Crippen LogP contribution in [0.1, 0.15) is 12.0 Å². The molecule has 3 amide bonds. The molecule has 1 heterocycles. The van der Waals surface area contributed by atoms with Gasteiger partial charge in [-0.3, -0.25) is 9.84 Å². The number of halogens is 2. The number of amides is 3. The fourth-order valence-corrected chi connectivity index (χ4v) is 4.07. The Hall–Kier alpha value is -2.32. The Balaban J connectivity index is 0.00000560. The molecule has 212 valence electrons. The van der Waals surface area contributed by atoms with Crippen LogP contribution in [0.25, 0.3) is 10.8 Å².